The first-order valence-electron chi connectivity index (χ1n) is 17.1. The van der Waals surface area contributed by atoms with Crippen molar-refractivity contribution >= 4 is 41.6 Å². The van der Waals surface area contributed by atoms with Crippen LogP contribution in [0.15, 0.2) is 48.5 Å². The van der Waals surface area contributed by atoms with Crippen molar-refractivity contribution in [2.75, 3.05) is 25.0 Å². The zero-order chi connectivity index (χ0) is 36.9. The molecule has 4 amide bonds. The number of anilines is 1. The van der Waals surface area contributed by atoms with E-state index in [0.717, 1.165) is 36.0 Å². The van der Waals surface area contributed by atoms with Crippen LogP contribution in [-0.2, 0) is 35.2 Å². The minimum absolute atomic E-state index is 0.0200. The molecule has 4 atom stereocenters. The van der Waals surface area contributed by atoms with Gasteiger partial charge in [-0.25, -0.2) is 0 Å². The fourth-order valence-corrected chi connectivity index (χ4v) is 5.08. The number of hydrogen-bond donors (Lipinski definition) is 8. The van der Waals surface area contributed by atoms with Gasteiger partial charge in [-0.1, -0.05) is 56.2 Å². The van der Waals surface area contributed by atoms with E-state index in [1.165, 1.54) is 6.92 Å². The van der Waals surface area contributed by atoms with Crippen molar-refractivity contribution in [1.29, 1.82) is 0 Å². The van der Waals surface area contributed by atoms with E-state index in [4.69, 9.17) is 16.6 Å². The number of aldehydes is 1. The van der Waals surface area contributed by atoms with Gasteiger partial charge in [0.05, 0.1) is 12.1 Å². The van der Waals surface area contributed by atoms with Crippen molar-refractivity contribution in [1.82, 2.24) is 21.3 Å². The van der Waals surface area contributed by atoms with E-state index < -0.39 is 41.8 Å². The molecule has 0 saturated heterocycles. The minimum atomic E-state index is -1.01. The van der Waals surface area contributed by atoms with Gasteiger partial charge in [0.25, 0.3) is 0 Å². The Morgan fingerprint density at radius 3 is 2.08 bits per heavy atom. The molecule has 2 aromatic carbocycles. The molecule has 2 rings (SSSR count). The second-order valence-corrected chi connectivity index (χ2v) is 12.4. The Labute approximate surface area is 293 Å². The molecule has 10 N–H and O–H groups in total. The Balaban J connectivity index is 2.04. The first kappa shape index (κ1) is 41.5. The number of nitrogens with two attached hydrogens (primary N) is 2. The maximum atomic E-state index is 13.4. The fraction of sp³-hybridized carbons (Fsp3) is 0.500. The van der Waals surface area contributed by atoms with Gasteiger partial charge >= 0.3 is 5.97 Å². The lowest BCUT2D eigenvalue weighted by Crippen LogP contribution is -2.53. The molecule has 0 aliphatic carbocycles. The maximum absolute atomic E-state index is 13.4. The molecule has 0 saturated carbocycles. The minimum Gasteiger partial charge on any atom is -0.481 e. The number of amides is 4. The lowest BCUT2D eigenvalue weighted by atomic mass is 9.99. The molecular formula is C36H53N7O7. The summed E-state index contributed by atoms with van der Waals surface area (Å²) in [6.07, 6.45) is 4.11. The van der Waals surface area contributed by atoms with Crippen LogP contribution in [0.3, 0.4) is 0 Å². The van der Waals surface area contributed by atoms with Gasteiger partial charge in [0, 0.05) is 51.0 Å². The van der Waals surface area contributed by atoms with Crippen LogP contribution in [0.1, 0.15) is 70.8 Å². The molecule has 50 heavy (non-hydrogen) atoms. The summed E-state index contributed by atoms with van der Waals surface area (Å²) in [7, 11) is 0. The molecule has 0 aromatic heterocycles. The zero-order valence-electron chi connectivity index (χ0n) is 29.0. The van der Waals surface area contributed by atoms with Crippen molar-refractivity contribution in [2.24, 2.45) is 11.5 Å². The fourth-order valence-electron chi connectivity index (χ4n) is 5.08. The van der Waals surface area contributed by atoms with Gasteiger partial charge in [-0.05, 0) is 61.1 Å². The van der Waals surface area contributed by atoms with Gasteiger partial charge < -0.3 is 48.0 Å². The van der Waals surface area contributed by atoms with E-state index in [1.807, 2.05) is 36.4 Å². The number of aliphatic carboxylic acids is 1. The molecular weight excluding hydrogens is 642 g/mol. The Morgan fingerprint density at radius 2 is 1.48 bits per heavy atom. The molecule has 0 spiro atoms. The van der Waals surface area contributed by atoms with Gasteiger partial charge in [-0.15, -0.1) is 0 Å². The van der Waals surface area contributed by atoms with Gasteiger partial charge in [-0.3, -0.25) is 24.0 Å². The number of hydrogen-bond acceptors (Lipinski definition) is 9. The SMILES string of the molecule is CCCC[C@H](N)CNCC[C@H](N)C(=O)N[C@H](Cc1ccc(-c2ccc(NC(C)=O)cc2)cc1)C(=O)NCC[C@H](C=O)NC(=O)CCCC(=O)O. The number of carboxylic acid groups (broad SMARTS) is 1. The van der Waals surface area contributed by atoms with Crippen LogP contribution in [-0.4, -0.2) is 84.8 Å². The molecule has 2 aromatic rings. The van der Waals surface area contributed by atoms with Crippen molar-refractivity contribution < 1.29 is 33.9 Å². The highest BCUT2D eigenvalue weighted by atomic mass is 16.4. The summed E-state index contributed by atoms with van der Waals surface area (Å²) in [4.78, 5) is 72.1. The Morgan fingerprint density at radius 1 is 0.820 bits per heavy atom. The summed E-state index contributed by atoms with van der Waals surface area (Å²) in [6.45, 7) is 4.67. The topological polar surface area (TPSA) is 235 Å². The average Bonchev–Trinajstić information content (AvgIpc) is 3.08. The van der Waals surface area contributed by atoms with Crippen molar-refractivity contribution in [3.8, 4) is 11.1 Å². The third-order valence-corrected chi connectivity index (χ3v) is 7.93. The van der Waals surface area contributed by atoms with Crippen LogP contribution < -0.4 is 38.1 Å². The summed E-state index contributed by atoms with van der Waals surface area (Å²) in [5, 5.41) is 22.8. The van der Waals surface area contributed by atoms with Crippen molar-refractivity contribution in [3.63, 3.8) is 0 Å². The average molecular weight is 696 g/mol. The highest BCUT2D eigenvalue weighted by Crippen LogP contribution is 2.22. The summed E-state index contributed by atoms with van der Waals surface area (Å²) < 4.78 is 0. The van der Waals surface area contributed by atoms with Crippen LogP contribution >= 0.6 is 0 Å². The molecule has 0 unspecified atom stereocenters. The van der Waals surface area contributed by atoms with Crippen LogP contribution in [0.4, 0.5) is 5.69 Å². The van der Waals surface area contributed by atoms with E-state index in [-0.39, 0.29) is 50.6 Å². The molecule has 0 aliphatic heterocycles. The first-order chi connectivity index (χ1) is 23.9. The van der Waals surface area contributed by atoms with Crippen LogP contribution in [0.2, 0.25) is 0 Å². The zero-order valence-corrected chi connectivity index (χ0v) is 29.0. The molecule has 0 radical (unpaired) electrons. The third-order valence-electron chi connectivity index (χ3n) is 7.93. The normalized spacial score (nSPS) is 13.3. The Hall–Kier alpha value is -4.66. The second kappa shape index (κ2) is 22.9. The predicted molar refractivity (Wildman–Crippen MR) is 192 cm³/mol. The molecule has 274 valence electrons. The number of nitrogens with one attached hydrogen (secondary N) is 5. The van der Waals surface area contributed by atoms with Crippen molar-refractivity contribution in [2.45, 2.75) is 95.8 Å². The molecule has 0 fully saturated rings. The molecule has 0 bridgehead atoms. The number of rotatable bonds is 24. The van der Waals surface area contributed by atoms with Gasteiger partial charge in [-0.2, -0.15) is 0 Å². The van der Waals surface area contributed by atoms with Gasteiger partial charge in [0.15, 0.2) is 0 Å². The van der Waals surface area contributed by atoms with Crippen LogP contribution in [0.25, 0.3) is 11.1 Å². The van der Waals surface area contributed by atoms with Crippen LogP contribution in [0, 0.1) is 0 Å². The molecule has 0 heterocycles. The van der Waals surface area contributed by atoms with E-state index in [2.05, 4.69) is 33.5 Å². The number of unbranched alkanes of at least 4 members (excludes halogenated alkanes) is 1. The van der Waals surface area contributed by atoms with Gasteiger partial charge in [0.1, 0.15) is 12.3 Å². The predicted octanol–water partition coefficient (Wildman–Crippen LogP) is 1.61. The van der Waals surface area contributed by atoms with Gasteiger partial charge in [0.2, 0.25) is 23.6 Å². The quantitative estimate of drug-likeness (QED) is 0.0584. The molecule has 14 nitrogen and oxygen atoms in total. The summed E-state index contributed by atoms with van der Waals surface area (Å²) in [5.41, 5.74) is 15.6. The lowest BCUT2D eigenvalue weighted by molar-refractivity contribution is -0.137. The molecule has 0 aliphatic rings. The third kappa shape index (κ3) is 16.6. The number of carbonyl (C=O) groups is 6. The Bertz CT molecular complexity index is 1390. The number of carbonyl (C=O) groups excluding carboxylic acids is 5. The smallest absolute Gasteiger partial charge is 0.303 e. The highest BCUT2D eigenvalue weighted by Gasteiger charge is 2.24. The van der Waals surface area contributed by atoms with Crippen molar-refractivity contribution in [3.05, 3.63) is 54.1 Å². The first-order valence-corrected chi connectivity index (χ1v) is 17.1. The number of benzene rings is 2. The monoisotopic (exact) mass is 695 g/mol. The summed E-state index contributed by atoms with van der Waals surface area (Å²) in [6, 6.07) is 12.2. The van der Waals surface area contributed by atoms with E-state index in [1.54, 1.807) is 12.1 Å². The lowest BCUT2D eigenvalue weighted by Gasteiger charge is -2.22. The molecule has 14 heteroatoms. The second-order valence-electron chi connectivity index (χ2n) is 12.4. The summed E-state index contributed by atoms with van der Waals surface area (Å²) >= 11 is 0. The highest BCUT2D eigenvalue weighted by molar-refractivity contribution is 5.90. The number of carboxylic acids is 1. The standard InChI is InChI=1S/C36H53N7O7/c1-3-4-6-28(37)22-39-19-18-31(38)35(49)43-32(36(50)40-20-17-30(23-44)42-33(46)7-5-8-34(47)48)21-25-9-11-26(12-10-25)27-13-15-29(16-14-27)41-24(2)45/h9-16,23,28,30-32,39H,3-8,17-22,37-38H2,1-2H3,(H,40,50)(H,41,45)(H,42,46)(H,43,49)(H,47,48)/t28-,30+,31-,32+/m0/s1. The largest absolute Gasteiger partial charge is 0.481 e. The maximum Gasteiger partial charge on any atom is 0.303 e. The van der Waals surface area contributed by atoms with Crippen LogP contribution in [0.5, 0.6) is 0 Å². The van der Waals surface area contributed by atoms with E-state index >= 15 is 0 Å². The Kier molecular flexibility index (Phi) is 19.0. The summed E-state index contributed by atoms with van der Waals surface area (Å²) in [5.74, 6) is -2.61. The van der Waals surface area contributed by atoms with E-state index in [0.29, 0.717) is 31.5 Å². The van der Waals surface area contributed by atoms with E-state index in [9.17, 15) is 28.8 Å².